The molecule has 2 heterocycles. The summed E-state index contributed by atoms with van der Waals surface area (Å²) in [6, 6.07) is 2.84. The van der Waals surface area contributed by atoms with E-state index in [0.717, 1.165) is 11.3 Å². The highest BCUT2D eigenvalue weighted by Crippen LogP contribution is 2.22. The molecule has 8 heteroatoms. The van der Waals surface area contributed by atoms with Crippen LogP contribution in [0.25, 0.3) is 0 Å². The summed E-state index contributed by atoms with van der Waals surface area (Å²) in [5.41, 5.74) is 0. The molecule has 0 radical (unpaired) electrons. The van der Waals surface area contributed by atoms with Crippen LogP contribution < -0.4 is 5.14 Å². The topological polar surface area (TPSA) is 89.7 Å². The van der Waals surface area contributed by atoms with E-state index in [1.54, 1.807) is 4.90 Å². The molecule has 6 nitrogen and oxygen atoms in total. The number of sulfonamides is 1. The van der Waals surface area contributed by atoms with Gasteiger partial charge in [-0.15, -0.1) is 11.3 Å². The summed E-state index contributed by atoms with van der Waals surface area (Å²) in [6.07, 6.45) is 0. The predicted octanol–water partition coefficient (Wildman–Crippen LogP) is -0.132. The van der Waals surface area contributed by atoms with Crippen LogP contribution in [-0.4, -0.2) is 45.5 Å². The summed E-state index contributed by atoms with van der Waals surface area (Å²) in [5, 5.41) is 4.99. The van der Waals surface area contributed by atoms with Crippen molar-refractivity contribution < 1.29 is 17.9 Å². The van der Waals surface area contributed by atoms with Gasteiger partial charge in [0.2, 0.25) is 10.0 Å². The third-order valence-electron chi connectivity index (χ3n) is 2.37. The van der Waals surface area contributed by atoms with Crippen LogP contribution in [0, 0.1) is 0 Å². The van der Waals surface area contributed by atoms with Gasteiger partial charge in [0, 0.05) is 13.1 Å². The molecule has 0 aliphatic carbocycles. The van der Waals surface area contributed by atoms with Gasteiger partial charge in [0.1, 0.15) is 4.21 Å². The number of hydrogen-bond donors (Lipinski definition) is 1. The smallest absolute Gasteiger partial charge is 0.264 e. The molecule has 0 bridgehead atoms. The van der Waals surface area contributed by atoms with Gasteiger partial charge in [0.25, 0.3) is 5.91 Å². The fourth-order valence-electron chi connectivity index (χ4n) is 1.51. The zero-order valence-electron chi connectivity index (χ0n) is 8.96. The largest absolute Gasteiger partial charge is 0.378 e. The molecule has 0 aromatic carbocycles. The summed E-state index contributed by atoms with van der Waals surface area (Å²) in [7, 11) is -3.72. The molecule has 1 saturated heterocycles. The van der Waals surface area contributed by atoms with E-state index in [2.05, 4.69) is 0 Å². The van der Waals surface area contributed by atoms with Gasteiger partial charge < -0.3 is 9.64 Å². The molecule has 1 amide bonds. The van der Waals surface area contributed by atoms with Gasteiger partial charge in [-0.05, 0) is 12.1 Å². The number of morpholine rings is 1. The van der Waals surface area contributed by atoms with E-state index in [1.807, 2.05) is 0 Å². The summed E-state index contributed by atoms with van der Waals surface area (Å²) < 4.78 is 27.3. The Kier molecular flexibility index (Phi) is 3.48. The summed E-state index contributed by atoms with van der Waals surface area (Å²) in [4.78, 5) is 14.0. The van der Waals surface area contributed by atoms with Crippen molar-refractivity contribution in [2.24, 2.45) is 5.14 Å². The predicted molar refractivity (Wildman–Crippen MR) is 62.4 cm³/mol. The Bertz CT molecular complexity index is 517. The molecule has 1 aliphatic rings. The fraction of sp³-hybridized carbons (Fsp3) is 0.444. The van der Waals surface area contributed by atoms with Crippen LogP contribution in [-0.2, 0) is 14.8 Å². The van der Waals surface area contributed by atoms with Crippen LogP contribution in [0.5, 0.6) is 0 Å². The number of rotatable bonds is 2. The number of primary sulfonamides is 1. The molecule has 1 aromatic heterocycles. The molecule has 0 atom stereocenters. The minimum absolute atomic E-state index is 0.00843. The zero-order valence-corrected chi connectivity index (χ0v) is 10.6. The minimum Gasteiger partial charge on any atom is -0.378 e. The Morgan fingerprint density at radius 1 is 1.35 bits per heavy atom. The number of thiophene rings is 1. The molecule has 17 heavy (non-hydrogen) atoms. The second-order valence-corrected chi connectivity index (χ2v) is 6.44. The van der Waals surface area contributed by atoms with E-state index in [4.69, 9.17) is 9.88 Å². The van der Waals surface area contributed by atoms with Gasteiger partial charge in [0.15, 0.2) is 0 Å². The molecular formula is C9H12N2O4S2. The number of amides is 1. The van der Waals surface area contributed by atoms with Crippen LogP contribution >= 0.6 is 11.3 Å². The van der Waals surface area contributed by atoms with Crippen molar-refractivity contribution in [2.45, 2.75) is 4.21 Å². The Hall–Kier alpha value is -0.960. The fourth-order valence-corrected chi connectivity index (χ4v) is 3.21. The van der Waals surface area contributed by atoms with Crippen molar-refractivity contribution >= 4 is 27.3 Å². The monoisotopic (exact) mass is 276 g/mol. The molecular weight excluding hydrogens is 264 g/mol. The first-order valence-electron chi connectivity index (χ1n) is 4.98. The Labute approximate surface area is 103 Å². The Morgan fingerprint density at radius 3 is 2.53 bits per heavy atom. The quantitative estimate of drug-likeness (QED) is 0.814. The molecule has 1 aromatic rings. The Balaban J connectivity index is 2.17. The van der Waals surface area contributed by atoms with E-state index < -0.39 is 10.0 Å². The van der Waals surface area contributed by atoms with Crippen molar-refractivity contribution in [3.8, 4) is 0 Å². The van der Waals surface area contributed by atoms with Crippen molar-refractivity contribution in [2.75, 3.05) is 26.3 Å². The van der Waals surface area contributed by atoms with Crippen LogP contribution in [0.3, 0.4) is 0 Å². The normalized spacial score (nSPS) is 17.1. The van der Waals surface area contributed by atoms with E-state index in [1.165, 1.54) is 12.1 Å². The van der Waals surface area contributed by atoms with Crippen LogP contribution in [0.4, 0.5) is 0 Å². The third-order valence-corrected chi connectivity index (χ3v) is 4.88. The average Bonchev–Trinajstić information content (AvgIpc) is 2.78. The number of carbonyl (C=O) groups excluding carboxylic acids is 1. The maximum Gasteiger partial charge on any atom is 0.264 e. The van der Waals surface area contributed by atoms with Crippen LogP contribution in [0.2, 0.25) is 0 Å². The highest BCUT2D eigenvalue weighted by atomic mass is 32.2. The van der Waals surface area contributed by atoms with Gasteiger partial charge in [-0.25, -0.2) is 13.6 Å². The number of hydrogen-bond acceptors (Lipinski definition) is 5. The lowest BCUT2D eigenvalue weighted by atomic mass is 10.3. The average molecular weight is 276 g/mol. The maximum atomic E-state index is 12.0. The molecule has 0 spiro atoms. The highest BCUT2D eigenvalue weighted by Gasteiger charge is 2.21. The SMILES string of the molecule is NS(=O)(=O)c1ccc(C(=O)N2CCOCC2)s1. The van der Waals surface area contributed by atoms with Gasteiger partial charge in [0.05, 0.1) is 18.1 Å². The van der Waals surface area contributed by atoms with Crippen LogP contribution in [0.1, 0.15) is 9.67 Å². The molecule has 2 rings (SSSR count). The van der Waals surface area contributed by atoms with Crippen molar-refractivity contribution in [3.05, 3.63) is 17.0 Å². The van der Waals surface area contributed by atoms with E-state index in [0.29, 0.717) is 31.2 Å². The second-order valence-electron chi connectivity index (χ2n) is 3.57. The summed E-state index contributed by atoms with van der Waals surface area (Å²) in [6.45, 7) is 2.08. The Morgan fingerprint density at radius 2 is 2.00 bits per heavy atom. The molecule has 0 unspecified atom stereocenters. The first kappa shape index (κ1) is 12.5. The second kappa shape index (κ2) is 4.73. The van der Waals surface area contributed by atoms with Gasteiger partial charge in [-0.3, -0.25) is 4.79 Å². The number of nitrogens with zero attached hydrogens (tertiary/aromatic N) is 1. The van der Waals surface area contributed by atoms with Crippen molar-refractivity contribution in [1.82, 2.24) is 4.90 Å². The number of nitrogens with two attached hydrogens (primary N) is 1. The lowest BCUT2D eigenvalue weighted by molar-refractivity contribution is 0.0306. The summed E-state index contributed by atoms with van der Waals surface area (Å²) in [5.74, 6) is -0.173. The first-order valence-corrected chi connectivity index (χ1v) is 7.34. The number of carbonyl (C=O) groups is 1. The molecule has 1 fully saturated rings. The lowest BCUT2D eigenvalue weighted by Crippen LogP contribution is -2.40. The van der Waals surface area contributed by atoms with Gasteiger partial charge in [-0.2, -0.15) is 0 Å². The van der Waals surface area contributed by atoms with E-state index in [-0.39, 0.29) is 10.1 Å². The highest BCUT2D eigenvalue weighted by molar-refractivity contribution is 7.91. The molecule has 2 N–H and O–H groups in total. The minimum atomic E-state index is -3.72. The van der Waals surface area contributed by atoms with E-state index in [9.17, 15) is 13.2 Å². The van der Waals surface area contributed by atoms with Gasteiger partial charge >= 0.3 is 0 Å². The van der Waals surface area contributed by atoms with Crippen molar-refractivity contribution in [1.29, 1.82) is 0 Å². The maximum absolute atomic E-state index is 12.0. The number of ether oxygens (including phenoxy) is 1. The first-order chi connectivity index (χ1) is 7.98. The third kappa shape index (κ3) is 2.83. The molecule has 0 saturated carbocycles. The molecule has 1 aliphatic heterocycles. The zero-order chi connectivity index (χ0) is 12.5. The standard InChI is InChI=1S/C9H12N2O4S2/c10-17(13,14)8-2-1-7(16-8)9(12)11-3-5-15-6-4-11/h1-2H,3-6H2,(H2,10,13,14). The van der Waals surface area contributed by atoms with Crippen LogP contribution in [0.15, 0.2) is 16.3 Å². The molecule has 94 valence electrons. The van der Waals surface area contributed by atoms with E-state index >= 15 is 0 Å². The summed E-state index contributed by atoms with van der Waals surface area (Å²) >= 11 is 0.897. The van der Waals surface area contributed by atoms with Crippen molar-refractivity contribution in [3.63, 3.8) is 0 Å². The van der Waals surface area contributed by atoms with Gasteiger partial charge in [-0.1, -0.05) is 0 Å². The lowest BCUT2D eigenvalue weighted by Gasteiger charge is -2.26.